The summed E-state index contributed by atoms with van der Waals surface area (Å²) >= 11 is 0. The number of anilines is 1. The van der Waals surface area contributed by atoms with E-state index in [1.165, 1.54) is 16.7 Å². The molecule has 3 heterocycles. The molecule has 4 rings (SSSR count). The molecule has 5 nitrogen and oxygen atoms in total. The third-order valence-electron chi connectivity index (χ3n) is 4.41. The molecule has 1 aromatic heterocycles. The molecule has 0 aliphatic carbocycles. The molecule has 1 aromatic carbocycles. The largest absolute Gasteiger partial charge is 0.346 e. The number of pyridine rings is 1. The van der Waals surface area contributed by atoms with Crippen molar-refractivity contribution in [2.24, 2.45) is 5.29 Å². The molecule has 2 aromatic rings. The van der Waals surface area contributed by atoms with Gasteiger partial charge in [-0.3, -0.25) is 5.01 Å². The molecule has 0 radical (unpaired) electrons. The monoisotopic (exact) mass is 280 g/mol. The van der Waals surface area contributed by atoms with Gasteiger partial charge in [0.2, 0.25) is 0 Å². The van der Waals surface area contributed by atoms with E-state index in [0.717, 1.165) is 18.8 Å². The predicted molar refractivity (Wildman–Crippen MR) is 80.9 cm³/mol. The van der Waals surface area contributed by atoms with Crippen LogP contribution in [0, 0.1) is 4.91 Å². The van der Waals surface area contributed by atoms with Crippen LogP contribution in [0.3, 0.4) is 0 Å². The Morgan fingerprint density at radius 3 is 2.86 bits per heavy atom. The molecule has 0 spiro atoms. The summed E-state index contributed by atoms with van der Waals surface area (Å²) in [6.45, 7) is 2.05. The molecule has 2 aliphatic heterocycles. The zero-order valence-corrected chi connectivity index (χ0v) is 11.6. The molecular weight excluding hydrogens is 264 g/mol. The van der Waals surface area contributed by atoms with E-state index < -0.39 is 0 Å². The third kappa shape index (κ3) is 1.96. The van der Waals surface area contributed by atoms with E-state index in [-0.39, 0.29) is 6.04 Å². The van der Waals surface area contributed by atoms with Crippen molar-refractivity contribution in [3.05, 3.63) is 64.2 Å². The Balaban J connectivity index is 1.87. The van der Waals surface area contributed by atoms with Crippen molar-refractivity contribution in [3.63, 3.8) is 0 Å². The highest BCUT2D eigenvalue weighted by molar-refractivity contribution is 5.56. The van der Waals surface area contributed by atoms with Gasteiger partial charge in [0, 0.05) is 19.2 Å². The SMILES string of the molecule is O=NN1CCN2c3ncccc3Cc3ccccc3C2C1. The van der Waals surface area contributed by atoms with E-state index in [2.05, 4.69) is 45.5 Å². The normalized spacial score (nSPS) is 20.1. The van der Waals surface area contributed by atoms with Gasteiger partial charge in [0.05, 0.1) is 24.4 Å². The first-order valence-electron chi connectivity index (χ1n) is 7.23. The lowest BCUT2D eigenvalue weighted by molar-refractivity contribution is 0.229. The molecule has 2 aliphatic rings. The van der Waals surface area contributed by atoms with Crippen molar-refractivity contribution in [2.75, 3.05) is 24.5 Å². The number of piperazine rings is 1. The maximum atomic E-state index is 10.9. The van der Waals surface area contributed by atoms with Gasteiger partial charge in [-0.2, -0.15) is 0 Å². The second-order valence-corrected chi connectivity index (χ2v) is 5.57. The smallest absolute Gasteiger partial charge is 0.132 e. The van der Waals surface area contributed by atoms with Crippen LogP contribution < -0.4 is 4.90 Å². The lowest BCUT2D eigenvalue weighted by Crippen LogP contribution is -2.46. The van der Waals surface area contributed by atoms with Crippen LogP contribution in [-0.4, -0.2) is 29.6 Å². The molecule has 1 unspecified atom stereocenters. The maximum Gasteiger partial charge on any atom is 0.132 e. The molecule has 1 saturated heterocycles. The van der Waals surface area contributed by atoms with E-state index >= 15 is 0 Å². The summed E-state index contributed by atoms with van der Waals surface area (Å²) < 4.78 is 0. The van der Waals surface area contributed by atoms with E-state index in [9.17, 15) is 4.91 Å². The molecule has 106 valence electrons. The summed E-state index contributed by atoms with van der Waals surface area (Å²) in [4.78, 5) is 17.8. The number of hydrogen-bond donors (Lipinski definition) is 0. The van der Waals surface area contributed by atoms with Crippen molar-refractivity contribution in [3.8, 4) is 0 Å². The molecule has 21 heavy (non-hydrogen) atoms. The second-order valence-electron chi connectivity index (χ2n) is 5.57. The summed E-state index contributed by atoms with van der Waals surface area (Å²) in [7, 11) is 0. The van der Waals surface area contributed by atoms with E-state index in [1.807, 2.05) is 12.3 Å². The van der Waals surface area contributed by atoms with Crippen molar-refractivity contribution < 1.29 is 0 Å². The number of fused-ring (bicyclic) bond motifs is 5. The molecule has 0 N–H and O–H groups in total. The summed E-state index contributed by atoms with van der Waals surface area (Å²) in [5.41, 5.74) is 3.84. The first-order valence-corrected chi connectivity index (χ1v) is 7.23. The minimum atomic E-state index is 0.142. The summed E-state index contributed by atoms with van der Waals surface area (Å²) in [6, 6.07) is 12.7. The molecule has 0 amide bonds. The van der Waals surface area contributed by atoms with E-state index in [1.54, 1.807) is 5.01 Å². The first-order chi connectivity index (χ1) is 10.4. The Labute approximate surface area is 123 Å². The van der Waals surface area contributed by atoms with Gasteiger partial charge in [0.15, 0.2) is 0 Å². The lowest BCUT2D eigenvalue weighted by Gasteiger charge is -2.39. The fourth-order valence-electron chi connectivity index (χ4n) is 3.41. The Hall–Kier alpha value is -2.43. The highest BCUT2D eigenvalue weighted by atomic mass is 16.3. The predicted octanol–water partition coefficient (Wildman–Crippen LogP) is 2.53. The lowest BCUT2D eigenvalue weighted by atomic mass is 9.96. The number of nitrogens with zero attached hydrogens (tertiary/aromatic N) is 4. The summed E-state index contributed by atoms with van der Waals surface area (Å²) in [5.74, 6) is 1.05. The Bertz CT molecular complexity index is 687. The Kier molecular flexibility index (Phi) is 2.84. The van der Waals surface area contributed by atoms with Crippen molar-refractivity contribution in [1.82, 2.24) is 9.99 Å². The fraction of sp³-hybridized carbons (Fsp3) is 0.312. The van der Waals surface area contributed by atoms with Gasteiger partial charge >= 0.3 is 0 Å². The zero-order chi connectivity index (χ0) is 14.2. The maximum absolute atomic E-state index is 10.9. The van der Waals surface area contributed by atoms with Gasteiger partial charge in [0.1, 0.15) is 5.82 Å². The molecule has 1 fully saturated rings. The van der Waals surface area contributed by atoms with Crippen LogP contribution in [0.15, 0.2) is 47.9 Å². The van der Waals surface area contributed by atoms with Gasteiger partial charge in [-0.15, -0.1) is 4.91 Å². The van der Waals surface area contributed by atoms with Gasteiger partial charge in [0.25, 0.3) is 0 Å². The summed E-state index contributed by atoms with van der Waals surface area (Å²) in [5, 5.41) is 4.75. The molecule has 0 bridgehead atoms. The van der Waals surface area contributed by atoms with Gasteiger partial charge in [-0.1, -0.05) is 30.3 Å². The molecule has 1 atom stereocenters. The van der Waals surface area contributed by atoms with Crippen LogP contribution in [-0.2, 0) is 6.42 Å². The molecular formula is C16H16N4O. The van der Waals surface area contributed by atoms with Crippen LogP contribution in [0.25, 0.3) is 0 Å². The van der Waals surface area contributed by atoms with Crippen LogP contribution in [0.2, 0.25) is 0 Å². The van der Waals surface area contributed by atoms with Crippen molar-refractivity contribution in [1.29, 1.82) is 0 Å². The number of aromatic nitrogens is 1. The first kappa shape index (κ1) is 12.3. The van der Waals surface area contributed by atoms with Crippen molar-refractivity contribution in [2.45, 2.75) is 12.5 Å². The standard InChI is InChI=1S/C16H16N4O/c21-18-19-8-9-20-15(11-19)14-6-2-1-4-12(14)10-13-5-3-7-17-16(13)20/h1-7,15H,8-11H2. The van der Waals surface area contributed by atoms with Gasteiger partial charge in [-0.25, -0.2) is 4.98 Å². The average molecular weight is 280 g/mol. The number of rotatable bonds is 1. The summed E-state index contributed by atoms with van der Waals surface area (Å²) in [6.07, 6.45) is 2.73. The van der Waals surface area contributed by atoms with Gasteiger partial charge in [-0.05, 0) is 22.8 Å². The van der Waals surface area contributed by atoms with Crippen LogP contribution >= 0.6 is 0 Å². The van der Waals surface area contributed by atoms with Gasteiger partial charge < -0.3 is 4.90 Å². The highest BCUT2D eigenvalue weighted by Crippen LogP contribution is 2.37. The molecule has 5 heteroatoms. The fourth-order valence-corrected chi connectivity index (χ4v) is 3.41. The topological polar surface area (TPSA) is 48.8 Å². The van der Waals surface area contributed by atoms with E-state index in [0.29, 0.717) is 13.1 Å². The van der Waals surface area contributed by atoms with Crippen LogP contribution in [0.4, 0.5) is 5.82 Å². The Morgan fingerprint density at radius 2 is 1.95 bits per heavy atom. The van der Waals surface area contributed by atoms with Crippen LogP contribution in [0.5, 0.6) is 0 Å². The Morgan fingerprint density at radius 1 is 1.10 bits per heavy atom. The quantitative estimate of drug-likeness (QED) is 0.753. The number of nitroso groups, excluding NO2 is 1. The minimum Gasteiger partial charge on any atom is -0.346 e. The van der Waals surface area contributed by atoms with Crippen molar-refractivity contribution >= 4 is 5.82 Å². The number of benzene rings is 1. The zero-order valence-electron chi connectivity index (χ0n) is 11.6. The minimum absolute atomic E-state index is 0.142. The average Bonchev–Trinajstić information content (AvgIpc) is 2.69. The molecule has 0 saturated carbocycles. The highest BCUT2D eigenvalue weighted by Gasteiger charge is 2.34. The van der Waals surface area contributed by atoms with Crippen LogP contribution in [0.1, 0.15) is 22.7 Å². The number of hydrogen-bond acceptors (Lipinski definition) is 4. The third-order valence-corrected chi connectivity index (χ3v) is 4.41. The second kappa shape index (κ2) is 4.84. The van der Waals surface area contributed by atoms with E-state index in [4.69, 9.17) is 0 Å².